The Bertz CT molecular complexity index is 544. The highest BCUT2D eigenvalue weighted by atomic mass is 32.2. The van der Waals surface area contributed by atoms with Crippen LogP contribution in [0.3, 0.4) is 0 Å². The van der Waals surface area contributed by atoms with Gasteiger partial charge in [-0.1, -0.05) is 19.1 Å². The Morgan fingerprint density at radius 1 is 1.30 bits per heavy atom. The smallest absolute Gasteiger partial charge is 0.313 e. The lowest BCUT2D eigenvalue weighted by atomic mass is 10.2. The molecule has 1 rings (SSSR count). The maximum Gasteiger partial charge on any atom is 0.402 e. The van der Waals surface area contributed by atoms with Crippen molar-refractivity contribution in [3.8, 4) is 0 Å². The van der Waals surface area contributed by atoms with Crippen molar-refractivity contribution in [3.05, 3.63) is 29.8 Å². The zero-order valence-electron chi connectivity index (χ0n) is 11.2. The average Bonchev–Trinajstić information content (AvgIpc) is 2.34. The summed E-state index contributed by atoms with van der Waals surface area (Å²) in [5.41, 5.74) is 0.702. The van der Waals surface area contributed by atoms with Crippen molar-refractivity contribution in [1.29, 1.82) is 0 Å². The molecule has 0 radical (unpaired) electrons. The SMILES string of the molecule is CCNCc1cccc(S(=O)(=O)N(C)CC(F)(F)F)c1. The molecule has 0 aliphatic heterocycles. The first-order valence-corrected chi connectivity index (χ1v) is 7.43. The monoisotopic (exact) mass is 310 g/mol. The second kappa shape index (κ2) is 6.55. The predicted octanol–water partition coefficient (Wildman–Crippen LogP) is 1.98. The molecule has 8 heteroatoms. The van der Waals surface area contributed by atoms with E-state index in [2.05, 4.69) is 5.32 Å². The number of nitrogens with zero attached hydrogens (tertiary/aromatic N) is 1. The van der Waals surface area contributed by atoms with Gasteiger partial charge in [-0.15, -0.1) is 0 Å². The zero-order chi connectivity index (χ0) is 15.4. The van der Waals surface area contributed by atoms with Crippen LogP contribution in [-0.2, 0) is 16.6 Å². The summed E-state index contributed by atoms with van der Waals surface area (Å²) in [7, 11) is -3.22. The summed E-state index contributed by atoms with van der Waals surface area (Å²) in [6.45, 7) is 1.57. The first-order chi connectivity index (χ1) is 9.16. The van der Waals surface area contributed by atoms with Crippen LogP contribution in [0.2, 0.25) is 0 Å². The molecule has 0 heterocycles. The van der Waals surface area contributed by atoms with Gasteiger partial charge in [0.15, 0.2) is 0 Å². The molecule has 0 atom stereocenters. The normalized spacial score (nSPS) is 12.9. The van der Waals surface area contributed by atoms with Gasteiger partial charge >= 0.3 is 6.18 Å². The number of hydrogen-bond donors (Lipinski definition) is 1. The minimum atomic E-state index is -4.57. The molecule has 0 saturated heterocycles. The van der Waals surface area contributed by atoms with Crippen molar-refractivity contribution in [2.24, 2.45) is 0 Å². The molecule has 0 unspecified atom stereocenters. The van der Waals surface area contributed by atoms with E-state index in [9.17, 15) is 21.6 Å². The molecule has 0 fully saturated rings. The van der Waals surface area contributed by atoms with Gasteiger partial charge in [0.1, 0.15) is 6.54 Å². The number of rotatable bonds is 6. The number of sulfonamides is 1. The average molecular weight is 310 g/mol. The summed E-state index contributed by atoms with van der Waals surface area (Å²) in [4.78, 5) is -0.139. The lowest BCUT2D eigenvalue weighted by molar-refractivity contribution is -0.134. The van der Waals surface area contributed by atoms with Gasteiger partial charge in [0.25, 0.3) is 0 Å². The molecule has 4 nitrogen and oxygen atoms in total. The van der Waals surface area contributed by atoms with Crippen LogP contribution in [0.15, 0.2) is 29.2 Å². The second-order valence-corrected chi connectivity index (χ2v) is 6.35. The van der Waals surface area contributed by atoms with Crippen LogP contribution >= 0.6 is 0 Å². The topological polar surface area (TPSA) is 49.4 Å². The van der Waals surface area contributed by atoms with Crippen LogP contribution in [-0.4, -0.2) is 39.0 Å². The maximum atomic E-state index is 12.3. The van der Waals surface area contributed by atoms with Gasteiger partial charge in [0.05, 0.1) is 4.90 Å². The first-order valence-electron chi connectivity index (χ1n) is 5.99. The molecular weight excluding hydrogens is 293 g/mol. The molecule has 0 aromatic heterocycles. The molecule has 1 aromatic carbocycles. The van der Waals surface area contributed by atoms with Crippen LogP contribution in [0.5, 0.6) is 0 Å². The fourth-order valence-electron chi connectivity index (χ4n) is 1.60. The van der Waals surface area contributed by atoms with Gasteiger partial charge in [-0.3, -0.25) is 0 Å². The van der Waals surface area contributed by atoms with E-state index in [1.165, 1.54) is 18.2 Å². The Morgan fingerprint density at radius 2 is 1.95 bits per heavy atom. The fraction of sp³-hybridized carbons (Fsp3) is 0.500. The van der Waals surface area contributed by atoms with Gasteiger partial charge < -0.3 is 5.32 Å². The fourth-order valence-corrected chi connectivity index (χ4v) is 2.83. The van der Waals surface area contributed by atoms with Crippen LogP contribution in [0, 0.1) is 0 Å². The molecule has 20 heavy (non-hydrogen) atoms. The molecule has 0 amide bonds. The number of halogens is 3. The van der Waals surface area contributed by atoms with E-state index in [0.29, 0.717) is 23.0 Å². The summed E-state index contributed by atoms with van der Waals surface area (Å²) in [5.74, 6) is 0. The summed E-state index contributed by atoms with van der Waals surface area (Å²) in [6.07, 6.45) is -4.57. The van der Waals surface area contributed by atoms with Crippen LogP contribution < -0.4 is 5.32 Å². The summed E-state index contributed by atoms with van der Waals surface area (Å²) >= 11 is 0. The van der Waals surface area contributed by atoms with Crippen LogP contribution in [0.25, 0.3) is 0 Å². The number of alkyl halides is 3. The molecule has 0 bridgehead atoms. The highest BCUT2D eigenvalue weighted by Crippen LogP contribution is 2.21. The van der Waals surface area contributed by atoms with Gasteiger partial charge in [-0.25, -0.2) is 8.42 Å². The van der Waals surface area contributed by atoms with Crippen molar-refractivity contribution in [2.75, 3.05) is 20.1 Å². The number of benzene rings is 1. The summed E-state index contributed by atoms with van der Waals surface area (Å²) in [6, 6.07) is 5.90. The Kier molecular flexibility index (Phi) is 5.55. The Hall–Kier alpha value is -1.12. The van der Waals surface area contributed by atoms with E-state index in [1.54, 1.807) is 6.07 Å². The van der Waals surface area contributed by atoms with Crippen molar-refractivity contribution >= 4 is 10.0 Å². The quantitative estimate of drug-likeness (QED) is 0.874. The predicted molar refractivity (Wildman–Crippen MR) is 69.7 cm³/mol. The minimum absolute atomic E-state index is 0.139. The van der Waals surface area contributed by atoms with Gasteiger partial charge in [0.2, 0.25) is 10.0 Å². The first kappa shape index (κ1) is 16.9. The zero-order valence-corrected chi connectivity index (χ0v) is 12.1. The standard InChI is InChI=1S/C12H17F3N2O2S/c1-3-16-8-10-5-4-6-11(7-10)20(18,19)17(2)9-12(13,14)15/h4-7,16H,3,8-9H2,1-2H3. The molecular formula is C12H17F3N2O2S. The molecule has 0 spiro atoms. The second-order valence-electron chi connectivity index (χ2n) is 4.30. The molecule has 1 aromatic rings. The molecule has 0 saturated carbocycles. The van der Waals surface area contributed by atoms with E-state index in [-0.39, 0.29) is 4.90 Å². The molecule has 0 aliphatic rings. The third-order valence-corrected chi connectivity index (χ3v) is 4.39. The lowest BCUT2D eigenvalue weighted by Crippen LogP contribution is -2.35. The maximum absolute atomic E-state index is 12.3. The summed E-state index contributed by atoms with van der Waals surface area (Å²) < 4.78 is 61.2. The van der Waals surface area contributed by atoms with Gasteiger partial charge in [-0.05, 0) is 24.2 Å². The third-order valence-electron chi connectivity index (χ3n) is 2.59. The highest BCUT2D eigenvalue weighted by Gasteiger charge is 2.34. The third kappa shape index (κ3) is 4.77. The van der Waals surface area contributed by atoms with E-state index < -0.39 is 22.7 Å². The van der Waals surface area contributed by atoms with E-state index >= 15 is 0 Å². The van der Waals surface area contributed by atoms with Crippen molar-refractivity contribution < 1.29 is 21.6 Å². The molecule has 0 aliphatic carbocycles. The lowest BCUT2D eigenvalue weighted by Gasteiger charge is -2.19. The Morgan fingerprint density at radius 3 is 2.50 bits per heavy atom. The largest absolute Gasteiger partial charge is 0.402 e. The van der Waals surface area contributed by atoms with Crippen LogP contribution in [0.4, 0.5) is 13.2 Å². The minimum Gasteiger partial charge on any atom is -0.313 e. The molecule has 114 valence electrons. The van der Waals surface area contributed by atoms with Crippen molar-refractivity contribution in [3.63, 3.8) is 0 Å². The van der Waals surface area contributed by atoms with E-state index in [0.717, 1.165) is 7.05 Å². The Balaban J connectivity index is 2.97. The summed E-state index contributed by atoms with van der Waals surface area (Å²) in [5, 5.41) is 3.02. The number of nitrogens with one attached hydrogen (secondary N) is 1. The van der Waals surface area contributed by atoms with Gasteiger partial charge in [0, 0.05) is 13.6 Å². The highest BCUT2D eigenvalue weighted by molar-refractivity contribution is 7.89. The Labute approximate surface area is 116 Å². The van der Waals surface area contributed by atoms with Crippen molar-refractivity contribution in [1.82, 2.24) is 9.62 Å². The molecule has 1 N–H and O–H groups in total. The van der Waals surface area contributed by atoms with E-state index in [1.807, 2.05) is 6.92 Å². The van der Waals surface area contributed by atoms with Crippen molar-refractivity contribution in [2.45, 2.75) is 24.5 Å². The number of hydrogen-bond acceptors (Lipinski definition) is 3. The van der Waals surface area contributed by atoms with Gasteiger partial charge in [-0.2, -0.15) is 17.5 Å². The van der Waals surface area contributed by atoms with E-state index in [4.69, 9.17) is 0 Å². The van der Waals surface area contributed by atoms with Crippen LogP contribution in [0.1, 0.15) is 12.5 Å².